The number of alkyl halides is 3. The Hall–Kier alpha value is -3.04. The Labute approximate surface area is 190 Å². The summed E-state index contributed by atoms with van der Waals surface area (Å²) >= 11 is 7.14. The molecule has 0 bridgehead atoms. The Kier molecular flexibility index (Phi) is 6.38. The average Bonchev–Trinajstić information content (AvgIpc) is 3.36. The van der Waals surface area contributed by atoms with Crippen molar-refractivity contribution in [2.75, 3.05) is 0 Å². The summed E-state index contributed by atoms with van der Waals surface area (Å²) in [5, 5.41) is 11.2. The zero-order valence-electron chi connectivity index (χ0n) is 16.3. The second-order valence-electron chi connectivity index (χ2n) is 6.86. The fourth-order valence-electron chi connectivity index (χ4n) is 2.99. The molecule has 1 saturated heterocycles. The van der Waals surface area contributed by atoms with Crippen molar-refractivity contribution in [1.82, 2.24) is 5.32 Å². The third kappa shape index (κ3) is 5.41. The van der Waals surface area contributed by atoms with Crippen LogP contribution in [0.2, 0.25) is 5.02 Å². The van der Waals surface area contributed by atoms with Crippen molar-refractivity contribution in [3.05, 3.63) is 82.6 Å². The van der Waals surface area contributed by atoms with Crippen LogP contribution in [0.5, 0.6) is 0 Å². The van der Waals surface area contributed by atoms with Crippen molar-refractivity contribution in [2.45, 2.75) is 17.8 Å². The van der Waals surface area contributed by atoms with E-state index in [1.165, 1.54) is 30.1 Å². The first kappa shape index (κ1) is 22.2. The first-order chi connectivity index (χ1) is 15.3. The molecule has 1 N–H and O–H groups in total. The zero-order valence-corrected chi connectivity index (χ0v) is 17.8. The van der Waals surface area contributed by atoms with Crippen molar-refractivity contribution in [2.24, 2.45) is 10.2 Å². The third-order valence-electron chi connectivity index (χ3n) is 4.55. The molecule has 1 atom stereocenters. The maximum absolute atomic E-state index is 12.9. The van der Waals surface area contributed by atoms with Gasteiger partial charge in [0, 0.05) is 10.6 Å². The van der Waals surface area contributed by atoms with E-state index in [1.54, 1.807) is 24.3 Å². The topological polar surface area (TPSA) is 67.0 Å². The summed E-state index contributed by atoms with van der Waals surface area (Å²) in [5.74, 6) is 0.425. The van der Waals surface area contributed by atoms with Crippen LogP contribution in [0.4, 0.5) is 13.2 Å². The molecule has 0 spiro atoms. The van der Waals surface area contributed by atoms with Gasteiger partial charge >= 0.3 is 6.18 Å². The number of halogens is 4. The van der Waals surface area contributed by atoms with Crippen molar-refractivity contribution in [3.8, 4) is 11.3 Å². The summed E-state index contributed by atoms with van der Waals surface area (Å²) in [6.45, 7) is 0. The Morgan fingerprint density at radius 3 is 2.66 bits per heavy atom. The Morgan fingerprint density at radius 2 is 1.91 bits per heavy atom. The molecule has 1 amide bonds. The fourth-order valence-corrected chi connectivity index (χ4v) is 4.08. The normalized spacial score (nSPS) is 17.9. The molecule has 1 unspecified atom stereocenters. The molecule has 4 rings (SSSR count). The predicted octanol–water partition coefficient (Wildman–Crippen LogP) is 5.78. The van der Waals surface area contributed by atoms with Gasteiger partial charge < -0.3 is 9.73 Å². The number of nitrogens with zero attached hydrogens (tertiary/aromatic N) is 2. The molecule has 5 nitrogen and oxygen atoms in total. The number of benzene rings is 2. The lowest BCUT2D eigenvalue weighted by Crippen LogP contribution is -2.25. The smallest absolute Gasteiger partial charge is 0.416 e. The second-order valence-corrected chi connectivity index (χ2v) is 8.48. The maximum atomic E-state index is 12.9. The van der Waals surface area contributed by atoms with E-state index in [-0.39, 0.29) is 16.9 Å². The molecule has 1 aliphatic rings. The third-order valence-corrected chi connectivity index (χ3v) is 5.87. The van der Waals surface area contributed by atoms with Gasteiger partial charge in [-0.3, -0.25) is 4.79 Å². The van der Waals surface area contributed by atoms with Gasteiger partial charge in [0.2, 0.25) is 5.91 Å². The zero-order chi connectivity index (χ0) is 22.7. The Balaban J connectivity index is 1.40. The largest absolute Gasteiger partial charge is 0.455 e. The molecular weight excluding hydrogens is 463 g/mol. The van der Waals surface area contributed by atoms with Crippen molar-refractivity contribution >= 4 is 40.7 Å². The van der Waals surface area contributed by atoms with Crippen LogP contribution in [0.15, 0.2) is 75.3 Å². The summed E-state index contributed by atoms with van der Waals surface area (Å²) in [6, 6.07) is 15.3. The second kappa shape index (κ2) is 9.22. The SMILES string of the molecule is O=C1N/C(=N\N=C\c2ccc(-c3cccc(C(F)(F)F)c3)o2)SC1Cc1ccc(Cl)cc1. The number of thioether (sulfide) groups is 1. The highest BCUT2D eigenvalue weighted by Crippen LogP contribution is 2.32. The van der Waals surface area contributed by atoms with Crippen LogP contribution in [0, 0.1) is 0 Å². The summed E-state index contributed by atoms with van der Waals surface area (Å²) < 4.78 is 44.2. The molecule has 32 heavy (non-hydrogen) atoms. The standard InChI is InChI=1S/C22H15ClF3N3O2S/c23-16-6-4-13(5-7-16)10-19-20(30)28-21(32-19)29-27-12-17-8-9-18(31-17)14-2-1-3-15(11-14)22(24,25)26/h1-9,11-12,19H,10H2,(H,28,29,30)/b27-12+. The molecule has 164 valence electrons. The van der Waals surface area contributed by atoms with Gasteiger partial charge in [-0.2, -0.15) is 18.3 Å². The van der Waals surface area contributed by atoms with Gasteiger partial charge in [-0.1, -0.05) is 47.6 Å². The highest BCUT2D eigenvalue weighted by molar-refractivity contribution is 8.15. The number of carbonyl (C=O) groups is 1. The number of rotatable bonds is 5. The van der Waals surface area contributed by atoms with Gasteiger partial charge in [0.15, 0.2) is 5.17 Å². The summed E-state index contributed by atoms with van der Waals surface area (Å²) in [6.07, 6.45) is -2.59. The van der Waals surface area contributed by atoms with Crippen LogP contribution < -0.4 is 5.32 Å². The fraction of sp³-hybridized carbons (Fsp3) is 0.136. The van der Waals surface area contributed by atoms with Crippen LogP contribution in [-0.2, 0) is 17.4 Å². The van der Waals surface area contributed by atoms with Crippen LogP contribution in [-0.4, -0.2) is 22.5 Å². The number of amides is 1. The minimum atomic E-state index is -4.43. The maximum Gasteiger partial charge on any atom is 0.416 e. The molecule has 10 heteroatoms. The number of furan rings is 1. The van der Waals surface area contributed by atoms with Gasteiger partial charge in [0.05, 0.1) is 17.0 Å². The molecule has 0 saturated carbocycles. The lowest BCUT2D eigenvalue weighted by molar-refractivity contribution is -0.137. The van der Waals surface area contributed by atoms with E-state index >= 15 is 0 Å². The lowest BCUT2D eigenvalue weighted by atomic mass is 10.1. The molecule has 1 fully saturated rings. The summed E-state index contributed by atoms with van der Waals surface area (Å²) in [5.41, 5.74) is 0.522. The van der Waals surface area contributed by atoms with Crippen molar-refractivity contribution in [3.63, 3.8) is 0 Å². The molecule has 1 aromatic heterocycles. The van der Waals surface area contributed by atoms with E-state index in [4.69, 9.17) is 16.0 Å². The van der Waals surface area contributed by atoms with Gasteiger partial charge in [-0.25, -0.2) is 0 Å². The predicted molar refractivity (Wildman–Crippen MR) is 119 cm³/mol. The monoisotopic (exact) mass is 477 g/mol. The first-order valence-electron chi connectivity index (χ1n) is 9.38. The molecule has 3 aromatic rings. The number of nitrogens with one attached hydrogen (secondary N) is 1. The van der Waals surface area contributed by atoms with E-state index in [2.05, 4.69) is 15.5 Å². The number of hydrogen-bond donors (Lipinski definition) is 1. The van der Waals surface area contributed by atoms with Gasteiger partial charge in [-0.15, -0.1) is 5.10 Å². The van der Waals surface area contributed by atoms with Crippen LogP contribution in [0.3, 0.4) is 0 Å². The van der Waals surface area contributed by atoms with E-state index in [1.807, 2.05) is 12.1 Å². The molecular formula is C22H15ClF3N3O2S. The lowest BCUT2D eigenvalue weighted by Gasteiger charge is -2.07. The number of amidine groups is 1. The molecule has 0 radical (unpaired) electrons. The quantitative estimate of drug-likeness (QED) is 0.374. The van der Waals surface area contributed by atoms with E-state index < -0.39 is 11.7 Å². The van der Waals surface area contributed by atoms with Crippen LogP contribution >= 0.6 is 23.4 Å². The number of carbonyl (C=O) groups excluding carboxylic acids is 1. The van der Waals surface area contributed by atoms with Gasteiger partial charge in [0.25, 0.3) is 0 Å². The van der Waals surface area contributed by atoms with E-state index in [0.717, 1.165) is 17.7 Å². The van der Waals surface area contributed by atoms with Crippen LogP contribution in [0.1, 0.15) is 16.9 Å². The molecule has 1 aliphatic heterocycles. The molecule has 2 heterocycles. The Morgan fingerprint density at radius 1 is 1.12 bits per heavy atom. The molecule has 2 aromatic carbocycles. The Bertz CT molecular complexity index is 1190. The summed E-state index contributed by atoms with van der Waals surface area (Å²) in [4.78, 5) is 12.2. The minimum absolute atomic E-state index is 0.163. The van der Waals surface area contributed by atoms with Gasteiger partial charge in [-0.05, 0) is 48.4 Å². The number of hydrogen-bond acceptors (Lipinski definition) is 5. The molecule has 0 aliphatic carbocycles. The van der Waals surface area contributed by atoms with E-state index in [9.17, 15) is 18.0 Å². The highest BCUT2D eigenvalue weighted by Gasteiger charge is 2.31. The summed E-state index contributed by atoms with van der Waals surface area (Å²) in [7, 11) is 0. The van der Waals surface area contributed by atoms with Crippen molar-refractivity contribution in [1.29, 1.82) is 0 Å². The van der Waals surface area contributed by atoms with Gasteiger partial charge in [0.1, 0.15) is 11.5 Å². The average molecular weight is 478 g/mol. The highest BCUT2D eigenvalue weighted by atomic mass is 35.5. The minimum Gasteiger partial charge on any atom is -0.455 e. The first-order valence-corrected chi connectivity index (χ1v) is 10.6. The van der Waals surface area contributed by atoms with Crippen molar-refractivity contribution < 1.29 is 22.4 Å². The van der Waals surface area contributed by atoms with Crippen LogP contribution in [0.25, 0.3) is 11.3 Å². The van der Waals surface area contributed by atoms with E-state index in [0.29, 0.717) is 27.9 Å².